The first-order valence-electron chi connectivity index (χ1n) is 17.4. The summed E-state index contributed by atoms with van der Waals surface area (Å²) in [6.45, 7) is 12.8. The van der Waals surface area contributed by atoms with E-state index in [1.165, 1.54) is 54.6 Å². The van der Waals surface area contributed by atoms with Gasteiger partial charge in [-0.2, -0.15) is 0 Å². The maximum atomic E-state index is 11.5. The molecule has 52 heavy (non-hydrogen) atoms. The van der Waals surface area contributed by atoms with Crippen LogP contribution in [0.1, 0.15) is 54.8 Å². The molecule has 2 aliphatic rings. The average Bonchev–Trinajstić information content (AvgIpc) is 3.89. The molecule has 0 unspecified atom stereocenters. The summed E-state index contributed by atoms with van der Waals surface area (Å²) in [7, 11) is 0. The first-order valence-corrected chi connectivity index (χ1v) is 19.0. The highest BCUT2D eigenvalue weighted by molar-refractivity contribution is 7.26. The first kappa shape index (κ1) is 32.4. The number of hydrogen-bond donors (Lipinski definition) is 1. The van der Waals surface area contributed by atoms with Crippen LogP contribution in [-0.4, -0.2) is 17.8 Å². The Morgan fingerprint density at radius 2 is 1.17 bits per heavy atom. The molecular formula is C46H36N2O2S2. The van der Waals surface area contributed by atoms with E-state index in [1.54, 1.807) is 28.7 Å². The minimum absolute atomic E-state index is 0.0629. The van der Waals surface area contributed by atoms with Gasteiger partial charge in [-0.15, -0.1) is 22.7 Å². The normalized spacial score (nSPS) is 14.8. The number of nitrogens with zero attached hydrogens (tertiary/aromatic N) is 2. The van der Waals surface area contributed by atoms with Crippen molar-refractivity contribution in [2.24, 2.45) is 4.99 Å². The van der Waals surface area contributed by atoms with Crippen molar-refractivity contribution >= 4 is 68.6 Å². The number of carbonyl (C=O) groups is 1. The van der Waals surface area contributed by atoms with Crippen LogP contribution < -0.4 is 4.90 Å². The lowest BCUT2D eigenvalue weighted by Crippen LogP contribution is -2.18. The van der Waals surface area contributed by atoms with Crippen LogP contribution in [0.2, 0.25) is 0 Å². The lowest BCUT2D eigenvalue weighted by molar-refractivity contribution is -0.132. The van der Waals surface area contributed by atoms with Gasteiger partial charge in [0.15, 0.2) is 0 Å². The molecule has 9 rings (SSSR count). The zero-order chi connectivity index (χ0) is 35.9. The van der Waals surface area contributed by atoms with Gasteiger partial charge in [0, 0.05) is 47.2 Å². The molecule has 4 nitrogen and oxygen atoms in total. The molecule has 2 heterocycles. The van der Waals surface area contributed by atoms with Gasteiger partial charge in [0.1, 0.15) is 5.70 Å². The molecule has 0 saturated heterocycles. The van der Waals surface area contributed by atoms with Gasteiger partial charge in [0.05, 0.1) is 0 Å². The van der Waals surface area contributed by atoms with Crippen molar-refractivity contribution in [3.63, 3.8) is 0 Å². The van der Waals surface area contributed by atoms with Gasteiger partial charge >= 0.3 is 5.97 Å². The largest absolute Gasteiger partial charge is 0.477 e. The Balaban J connectivity index is 1.18. The summed E-state index contributed by atoms with van der Waals surface area (Å²) in [5, 5.41) is 10.6. The van der Waals surface area contributed by atoms with Gasteiger partial charge in [-0.1, -0.05) is 94.4 Å². The Labute approximate surface area is 311 Å². The van der Waals surface area contributed by atoms with Gasteiger partial charge < -0.3 is 10.0 Å². The van der Waals surface area contributed by atoms with Crippen LogP contribution in [0.15, 0.2) is 132 Å². The number of rotatable bonds is 7. The molecule has 0 saturated carbocycles. The van der Waals surface area contributed by atoms with Gasteiger partial charge in [0.2, 0.25) is 0 Å². The molecule has 0 atom stereocenters. The molecule has 7 aromatic rings. The number of hydrogen-bond acceptors (Lipinski definition) is 5. The summed E-state index contributed by atoms with van der Waals surface area (Å²) >= 11 is 3.30. The van der Waals surface area contributed by atoms with Crippen LogP contribution in [-0.2, 0) is 15.6 Å². The zero-order valence-electron chi connectivity index (χ0n) is 29.4. The van der Waals surface area contributed by atoms with Crippen molar-refractivity contribution in [1.82, 2.24) is 0 Å². The minimum atomic E-state index is -1.09. The second-order valence-electron chi connectivity index (χ2n) is 14.7. The molecule has 0 bridgehead atoms. The average molecular weight is 713 g/mol. The van der Waals surface area contributed by atoms with Crippen molar-refractivity contribution < 1.29 is 9.90 Å². The van der Waals surface area contributed by atoms with Crippen molar-refractivity contribution in [3.8, 4) is 32.0 Å². The lowest BCUT2D eigenvalue weighted by Gasteiger charge is -2.29. The number of anilines is 3. The fourth-order valence-corrected chi connectivity index (χ4v) is 10.4. The maximum absolute atomic E-state index is 11.5. The van der Waals surface area contributed by atoms with Gasteiger partial charge in [-0.25, -0.2) is 4.79 Å². The third-order valence-corrected chi connectivity index (χ3v) is 13.3. The third kappa shape index (κ3) is 4.93. The highest BCUT2D eigenvalue weighted by Crippen LogP contribution is 2.53. The number of benzene rings is 5. The Hall–Kier alpha value is -5.56. The highest BCUT2D eigenvalue weighted by atomic mass is 32.1. The molecular weight excluding hydrogens is 677 g/mol. The standard InChI is InChI=1S/C46H36N2O2S2/c1-45(2)36-12-8-6-10-32(36)34-19-16-28(23-38(34)45)48(29-17-20-35-33-11-7-9-13-37(33)46(3,4)39(35)24-29)30-15-14-27-22-43(52-42(27)25-30)41-21-18-31(51-41)26-40(47-5)44(49)50/h6-26H,5H2,1-4H3,(H,49,50). The Bertz CT molecular complexity index is 2550. The highest BCUT2D eigenvalue weighted by Gasteiger charge is 2.37. The smallest absolute Gasteiger partial charge is 0.354 e. The summed E-state index contributed by atoms with van der Waals surface area (Å²) in [4.78, 5) is 20.6. The first-order chi connectivity index (χ1) is 25.0. The monoisotopic (exact) mass is 712 g/mol. The van der Waals surface area contributed by atoms with Crippen LogP contribution >= 0.6 is 22.7 Å². The van der Waals surface area contributed by atoms with Crippen LogP contribution in [0.3, 0.4) is 0 Å². The second-order valence-corrected chi connectivity index (χ2v) is 16.9. The molecule has 2 aliphatic carbocycles. The molecule has 0 radical (unpaired) electrons. The molecule has 2 aromatic heterocycles. The van der Waals surface area contributed by atoms with E-state index in [1.807, 2.05) is 12.1 Å². The van der Waals surface area contributed by atoms with E-state index in [-0.39, 0.29) is 16.5 Å². The van der Waals surface area contributed by atoms with E-state index < -0.39 is 5.97 Å². The van der Waals surface area contributed by atoms with E-state index in [0.29, 0.717) is 0 Å². The van der Waals surface area contributed by atoms with Crippen LogP contribution in [0.5, 0.6) is 0 Å². The number of carboxylic acid groups (broad SMARTS) is 1. The Morgan fingerprint density at radius 1 is 0.635 bits per heavy atom. The van der Waals surface area contributed by atoms with Crippen molar-refractivity contribution in [2.75, 3.05) is 4.90 Å². The number of thiophene rings is 2. The summed E-state index contributed by atoms with van der Waals surface area (Å²) < 4.78 is 1.18. The number of aliphatic imine (C=N–C) groups is 1. The van der Waals surface area contributed by atoms with Gasteiger partial charge in [-0.05, 0) is 117 Å². The predicted octanol–water partition coefficient (Wildman–Crippen LogP) is 12.8. The van der Waals surface area contributed by atoms with Crippen LogP contribution in [0.4, 0.5) is 17.1 Å². The lowest BCUT2D eigenvalue weighted by atomic mass is 9.82. The fourth-order valence-electron chi connectivity index (χ4n) is 8.26. The Morgan fingerprint density at radius 3 is 1.75 bits per heavy atom. The number of aliphatic carboxylic acids is 1. The maximum Gasteiger partial charge on any atom is 0.354 e. The topological polar surface area (TPSA) is 52.9 Å². The molecule has 5 aromatic carbocycles. The van der Waals surface area contributed by atoms with Crippen molar-refractivity contribution in [2.45, 2.75) is 38.5 Å². The molecule has 1 N–H and O–H groups in total. The number of fused-ring (bicyclic) bond motifs is 7. The molecule has 0 amide bonds. The quantitative estimate of drug-likeness (QED) is 0.132. The molecule has 254 valence electrons. The number of carboxylic acids is 1. The second kappa shape index (κ2) is 11.7. The van der Waals surface area contributed by atoms with E-state index in [0.717, 1.165) is 31.7 Å². The summed E-state index contributed by atoms with van der Waals surface area (Å²) in [6, 6.07) is 44.5. The van der Waals surface area contributed by atoms with Gasteiger partial charge in [0.25, 0.3) is 0 Å². The zero-order valence-corrected chi connectivity index (χ0v) is 31.0. The molecule has 0 fully saturated rings. The summed E-state index contributed by atoms with van der Waals surface area (Å²) in [5.41, 5.74) is 13.7. The molecule has 0 aliphatic heterocycles. The minimum Gasteiger partial charge on any atom is -0.477 e. The summed E-state index contributed by atoms with van der Waals surface area (Å²) in [5.74, 6) is -1.09. The van der Waals surface area contributed by atoms with Crippen LogP contribution in [0, 0.1) is 0 Å². The predicted molar refractivity (Wildman–Crippen MR) is 220 cm³/mol. The fraction of sp³-hybridized carbons (Fsp3) is 0.130. The van der Waals surface area contributed by atoms with E-state index in [2.05, 4.69) is 153 Å². The van der Waals surface area contributed by atoms with Crippen LogP contribution in [0.25, 0.3) is 48.2 Å². The summed E-state index contributed by atoms with van der Waals surface area (Å²) in [6.07, 6.45) is 1.57. The van der Waals surface area contributed by atoms with Gasteiger partial charge in [-0.3, -0.25) is 4.99 Å². The van der Waals surface area contributed by atoms with Crippen molar-refractivity contribution in [3.05, 3.63) is 154 Å². The Kier molecular flexibility index (Phi) is 7.30. The third-order valence-electron chi connectivity index (χ3n) is 11.0. The van der Waals surface area contributed by atoms with E-state index in [4.69, 9.17) is 0 Å². The van der Waals surface area contributed by atoms with E-state index >= 15 is 0 Å². The molecule has 6 heteroatoms. The SMILES string of the molecule is C=NC(=Cc1ccc(-c2cc3ccc(N(c4ccc5c(c4)C(C)(C)c4ccccc4-5)c4ccc5c(c4)C(C)(C)c4ccccc4-5)cc3s2)s1)C(=O)O. The van der Waals surface area contributed by atoms with Crippen molar-refractivity contribution in [1.29, 1.82) is 0 Å². The molecule has 0 spiro atoms. The van der Waals surface area contributed by atoms with E-state index in [9.17, 15) is 9.90 Å².